The van der Waals surface area contributed by atoms with Gasteiger partial charge in [-0.1, -0.05) is 40.8 Å². The van der Waals surface area contributed by atoms with Gasteiger partial charge in [0.2, 0.25) is 0 Å². The first kappa shape index (κ1) is 23.0. The van der Waals surface area contributed by atoms with Crippen LogP contribution in [0.4, 0.5) is 8.78 Å². The third-order valence-electron chi connectivity index (χ3n) is 5.01. The molecule has 172 valence electrons. The Kier molecular flexibility index (Phi) is 6.39. The highest BCUT2D eigenvalue weighted by Crippen LogP contribution is 2.30. The van der Waals surface area contributed by atoms with Crippen LogP contribution < -0.4 is 5.56 Å². The highest BCUT2D eigenvalue weighted by molar-refractivity contribution is 7.98. The van der Waals surface area contributed by atoms with Gasteiger partial charge >= 0.3 is 0 Å². The van der Waals surface area contributed by atoms with Gasteiger partial charge in [0.25, 0.3) is 5.56 Å². The molecule has 5 rings (SSSR count). The Balaban J connectivity index is 1.66. The standard InChI is InChI=1S/C23H14ClF2N3O2S3/c24-18-10-15(26)4-3-13(18)12-33-22-27-20-19(21(30)29(22)16-7-5-14(25)6-8-16)34-23(32)28(20)11-17-2-1-9-31-17/h1-10H,11-12H2. The Morgan fingerprint density at radius 1 is 1.12 bits per heavy atom. The molecule has 0 N–H and O–H groups in total. The second-order valence-electron chi connectivity index (χ2n) is 7.22. The molecule has 0 aliphatic carbocycles. The largest absolute Gasteiger partial charge is 0.467 e. The summed E-state index contributed by atoms with van der Waals surface area (Å²) in [7, 11) is 0. The highest BCUT2D eigenvalue weighted by atomic mass is 35.5. The third-order valence-corrected chi connectivity index (χ3v) is 7.78. The number of fused-ring (bicyclic) bond motifs is 1. The summed E-state index contributed by atoms with van der Waals surface area (Å²) in [6.45, 7) is 0.326. The van der Waals surface area contributed by atoms with E-state index >= 15 is 0 Å². The van der Waals surface area contributed by atoms with Crippen LogP contribution in [0.2, 0.25) is 5.02 Å². The number of furan rings is 1. The van der Waals surface area contributed by atoms with Crippen molar-refractivity contribution < 1.29 is 13.2 Å². The van der Waals surface area contributed by atoms with Crippen molar-refractivity contribution in [3.8, 4) is 5.69 Å². The van der Waals surface area contributed by atoms with Crippen molar-refractivity contribution in [2.45, 2.75) is 17.5 Å². The summed E-state index contributed by atoms with van der Waals surface area (Å²) in [5.41, 5.74) is 1.26. The maximum absolute atomic E-state index is 13.6. The van der Waals surface area contributed by atoms with Crippen LogP contribution in [-0.4, -0.2) is 14.1 Å². The summed E-state index contributed by atoms with van der Waals surface area (Å²) in [5.74, 6) is 0.157. The minimum Gasteiger partial charge on any atom is -0.467 e. The van der Waals surface area contributed by atoms with Crippen LogP contribution in [0.5, 0.6) is 0 Å². The Morgan fingerprint density at radius 3 is 2.59 bits per heavy atom. The van der Waals surface area contributed by atoms with E-state index < -0.39 is 11.6 Å². The Morgan fingerprint density at radius 2 is 1.88 bits per heavy atom. The fraction of sp³-hybridized carbons (Fsp3) is 0.0870. The van der Waals surface area contributed by atoms with Crippen molar-refractivity contribution in [3.05, 3.63) is 103 Å². The van der Waals surface area contributed by atoms with Gasteiger partial charge < -0.3 is 4.42 Å². The SMILES string of the molecule is O=c1c2sc(=S)n(Cc3ccco3)c2nc(SCc2ccc(F)cc2Cl)n1-c1ccc(F)cc1. The van der Waals surface area contributed by atoms with Gasteiger partial charge in [0.15, 0.2) is 14.8 Å². The second kappa shape index (κ2) is 9.46. The molecule has 5 aromatic rings. The Hall–Kier alpha value is -2.79. The summed E-state index contributed by atoms with van der Waals surface area (Å²) in [4.78, 5) is 18.4. The highest BCUT2D eigenvalue weighted by Gasteiger charge is 2.19. The molecule has 3 aromatic heterocycles. The smallest absolute Gasteiger partial charge is 0.278 e. The molecule has 0 spiro atoms. The van der Waals surface area contributed by atoms with Gasteiger partial charge in [-0.3, -0.25) is 13.9 Å². The zero-order valence-electron chi connectivity index (χ0n) is 17.2. The van der Waals surface area contributed by atoms with E-state index in [0.717, 1.165) is 11.3 Å². The van der Waals surface area contributed by atoms with Gasteiger partial charge in [-0.25, -0.2) is 13.8 Å². The van der Waals surface area contributed by atoms with Crippen LogP contribution in [0.1, 0.15) is 11.3 Å². The molecule has 0 saturated carbocycles. The average Bonchev–Trinajstić information content (AvgIpc) is 3.43. The first-order chi connectivity index (χ1) is 16.4. The monoisotopic (exact) mass is 533 g/mol. The number of benzene rings is 2. The number of nitrogens with zero attached hydrogens (tertiary/aromatic N) is 3. The summed E-state index contributed by atoms with van der Waals surface area (Å²) in [5, 5.41) is 0.644. The number of thiazole rings is 1. The third kappa shape index (κ3) is 4.46. The molecule has 0 aliphatic rings. The van der Waals surface area contributed by atoms with Gasteiger partial charge in [-0.15, -0.1) is 0 Å². The fourth-order valence-corrected chi connectivity index (χ4v) is 5.95. The first-order valence-electron chi connectivity index (χ1n) is 9.92. The molecule has 5 nitrogen and oxygen atoms in total. The number of rotatable bonds is 6. The lowest BCUT2D eigenvalue weighted by Crippen LogP contribution is -2.21. The number of aromatic nitrogens is 3. The van der Waals surface area contributed by atoms with E-state index in [1.165, 1.54) is 52.7 Å². The van der Waals surface area contributed by atoms with Crippen molar-refractivity contribution in [2.24, 2.45) is 0 Å². The summed E-state index contributed by atoms with van der Waals surface area (Å²) in [6, 6.07) is 13.3. The number of hydrogen-bond donors (Lipinski definition) is 0. The van der Waals surface area contributed by atoms with Crippen molar-refractivity contribution in [1.29, 1.82) is 0 Å². The molecule has 0 aliphatic heterocycles. The van der Waals surface area contributed by atoms with E-state index in [1.54, 1.807) is 23.0 Å². The van der Waals surface area contributed by atoms with Crippen molar-refractivity contribution in [3.63, 3.8) is 0 Å². The zero-order chi connectivity index (χ0) is 23.8. The van der Waals surface area contributed by atoms with Crippen LogP contribution in [0.25, 0.3) is 16.0 Å². The van der Waals surface area contributed by atoms with Gasteiger partial charge in [-0.2, -0.15) is 0 Å². The van der Waals surface area contributed by atoms with E-state index in [4.69, 9.17) is 33.2 Å². The van der Waals surface area contributed by atoms with Crippen molar-refractivity contribution in [1.82, 2.24) is 14.1 Å². The number of hydrogen-bond acceptors (Lipinski definition) is 6. The van der Waals surface area contributed by atoms with Crippen LogP contribution in [0.3, 0.4) is 0 Å². The predicted molar refractivity (Wildman–Crippen MR) is 133 cm³/mol. The van der Waals surface area contributed by atoms with E-state index in [1.807, 2.05) is 6.07 Å². The lowest BCUT2D eigenvalue weighted by atomic mass is 10.2. The lowest BCUT2D eigenvalue weighted by molar-refractivity contribution is 0.495. The minimum atomic E-state index is -0.434. The zero-order valence-corrected chi connectivity index (χ0v) is 20.4. The summed E-state index contributed by atoms with van der Waals surface area (Å²) >= 11 is 14.1. The molecule has 0 atom stereocenters. The summed E-state index contributed by atoms with van der Waals surface area (Å²) < 4.78 is 36.5. The van der Waals surface area contributed by atoms with Crippen LogP contribution in [0.15, 0.2) is 75.2 Å². The van der Waals surface area contributed by atoms with E-state index in [-0.39, 0.29) is 10.6 Å². The molecular weight excluding hydrogens is 520 g/mol. The Labute approximate surface area is 210 Å². The number of thioether (sulfide) groups is 1. The molecule has 0 unspecified atom stereocenters. The molecule has 0 fully saturated rings. The number of halogens is 3. The van der Waals surface area contributed by atoms with Gasteiger partial charge in [-0.05, 0) is 66.3 Å². The molecule has 2 aromatic carbocycles. The van der Waals surface area contributed by atoms with Crippen LogP contribution in [0, 0.1) is 15.6 Å². The van der Waals surface area contributed by atoms with Gasteiger partial charge in [0.05, 0.1) is 18.5 Å². The molecule has 11 heteroatoms. The molecule has 0 radical (unpaired) electrons. The molecular formula is C23H14ClF2N3O2S3. The normalized spacial score (nSPS) is 11.4. The molecule has 0 saturated heterocycles. The first-order valence-corrected chi connectivity index (χ1v) is 12.5. The molecule has 34 heavy (non-hydrogen) atoms. The molecule has 0 amide bonds. The van der Waals surface area contributed by atoms with E-state index in [9.17, 15) is 13.6 Å². The lowest BCUT2D eigenvalue weighted by Gasteiger charge is -2.13. The van der Waals surface area contributed by atoms with E-state index in [2.05, 4.69) is 0 Å². The Bertz CT molecular complexity index is 1610. The van der Waals surface area contributed by atoms with Crippen molar-refractivity contribution >= 4 is 57.3 Å². The second-order valence-corrected chi connectivity index (χ2v) is 10.2. The van der Waals surface area contributed by atoms with Crippen LogP contribution >= 0.6 is 46.9 Å². The summed E-state index contributed by atoms with van der Waals surface area (Å²) in [6.07, 6.45) is 1.57. The van der Waals surface area contributed by atoms with Crippen LogP contribution in [-0.2, 0) is 12.3 Å². The van der Waals surface area contributed by atoms with Crippen molar-refractivity contribution in [2.75, 3.05) is 0 Å². The predicted octanol–water partition coefficient (Wildman–Crippen LogP) is 6.84. The topological polar surface area (TPSA) is 53.0 Å². The minimum absolute atomic E-state index is 0.278. The maximum Gasteiger partial charge on any atom is 0.278 e. The molecule has 0 bridgehead atoms. The van der Waals surface area contributed by atoms with Gasteiger partial charge in [0, 0.05) is 10.8 Å². The molecule has 3 heterocycles. The quantitative estimate of drug-likeness (QED) is 0.136. The fourth-order valence-electron chi connectivity index (χ4n) is 3.37. The van der Waals surface area contributed by atoms with Gasteiger partial charge in [0.1, 0.15) is 22.1 Å². The average molecular weight is 534 g/mol. The maximum atomic E-state index is 13.6. The van der Waals surface area contributed by atoms with E-state index in [0.29, 0.717) is 48.8 Å².